The second-order valence-electron chi connectivity index (χ2n) is 6.64. The molecule has 0 saturated heterocycles. The van der Waals surface area contributed by atoms with Crippen molar-refractivity contribution in [3.63, 3.8) is 0 Å². The summed E-state index contributed by atoms with van der Waals surface area (Å²) in [5.74, 6) is -1.44. The predicted molar refractivity (Wildman–Crippen MR) is 104 cm³/mol. The Balaban J connectivity index is 1.97. The van der Waals surface area contributed by atoms with Crippen LogP contribution < -0.4 is 10.6 Å². The van der Waals surface area contributed by atoms with E-state index in [9.17, 15) is 14.9 Å². The predicted octanol–water partition coefficient (Wildman–Crippen LogP) is 2.25. The van der Waals surface area contributed by atoms with Crippen LogP contribution in [0.3, 0.4) is 0 Å². The van der Waals surface area contributed by atoms with Gasteiger partial charge in [-0.15, -0.1) is 0 Å². The van der Waals surface area contributed by atoms with Gasteiger partial charge >= 0.3 is 5.97 Å². The van der Waals surface area contributed by atoms with E-state index in [0.29, 0.717) is 11.3 Å². The fourth-order valence-corrected chi connectivity index (χ4v) is 3.92. The number of rotatable bonds is 3. The number of carbonyl (C=O) groups is 2. The molecule has 2 N–H and O–H groups in total. The third-order valence-corrected chi connectivity index (χ3v) is 5.19. The normalized spacial score (nSPS) is 20.1. The van der Waals surface area contributed by atoms with Crippen molar-refractivity contribution >= 4 is 17.6 Å². The lowest BCUT2D eigenvalue weighted by atomic mass is 9.69. The van der Waals surface area contributed by atoms with Crippen LogP contribution in [0.5, 0.6) is 0 Å². The van der Waals surface area contributed by atoms with Crippen LogP contribution >= 0.6 is 0 Å². The van der Waals surface area contributed by atoms with Gasteiger partial charge in [0.05, 0.1) is 19.2 Å². The van der Waals surface area contributed by atoms with Gasteiger partial charge in [-0.1, -0.05) is 48.5 Å². The zero-order valence-electron chi connectivity index (χ0n) is 15.6. The van der Waals surface area contributed by atoms with Crippen molar-refractivity contribution in [3.05, 3.63) is 89.0 Å². The summed E-state index contributed by atoms with van der Waals surface area (Å²) in [6.45, 7) is 0.270. The molecule has 0 aromatic heterocycles. The van der Waals surface area contributed by atoms with Crippen LogP contribution in [0.25, 0.3) is 0 Å². The molecule has 144 valence electrons. The molecule has 0 fully saturated rings. The first kappa shape index (κ1) is 18.3. The number of carbonyl (C=O) groups excluding carboxylic acids is 2. The van der Waals surface area contributed by atoms with Crippen LogP contribution in [0.1, 0.15) is 11.1 Å². The van der Waals surface area contributed by atoms with Gasteiger partial charge in [0.15, 0.2) is 5.41 Å². The van der Waals surface area contributed by atoms with Crippen LogP contribution in [0, 0.1) is 11.3 Å². The van der Waals surface area contributed by atoms with Crippen LogP contribution in [-0.4, -0.2) is 19.0 Å². The standard InChI is InChI=1S/C22H17N3O4/c1-28-20(26)17-13-29-19(24)16(11-23)22(17)15-9-5-6-10-18(15)25(21(22)27)12-14-7-3-2-4-8-14/h2-10,13H,12,24H2,1H3. The number of esters is 1. The molecule has 0 saturated carbocycles. The summed E-state index contributed by atoms with van der Waals surface area (Å²) in [5.41, 5.74) is 5.99. The molecule has 7 heteroatoms. The zero-order chi connectivity index (χ0) is 20.6. The third-order valence-electron chi connectivity index (χ3n) is 5.19. The number of nitrogens with two attached hydrogens (primary N) is 1. The number of nitrogens with zero attached hydrogens (tertiary/aromatic N) is 2. The Kier molecular flexibility index (Phi) is 4.32. The van der Waals surface area contributed by atoms with E-state index in [1.807, 2.05) is 36.4 Å². The molecule has 0 bridgehead atoms. The number of benzene rings is 2. The highest BCUT2D eigenvalue weighted by molar-refractivity contribution is 6.18. The quantitative estimate of drug-likeness (QED) is 0.810. The van der Waals surface area contributed by atoms with Crippen molar-refractivity contribution in [2.75, 3.05) is 12.0 Å². The second kappa shape index (κ2) is 6.84. The Morgan fingerprint density at radius 2 is 1.90 bits per heavy atom. The molecular formula is C22H17N3O4. The van der Waals surface area contributed by atoms with Gasteiger partial charge in [0.2, 0.25) is 11.8 Å². The molecule has 2 heterocycles. The lowest BCUT2D eigenvalue weighted by molar-refractivity contribution is -0.138. The van der Waals surface area contributed by atoms with Crippen molar-refractivity contribution in [2.24, 2.45) is 5.73 Å². The first-order valence-corrected chi connectivity index (χ1v) is 8.87. The lowest BCUT2D eigenvalue weighted by Gasteiger charge is -2.32. The maximum absolute atomic E-state index is 13.9. The summed E-state index contributed by atoms with van der Waals surface area (Å²) >= 11 is 0. The highest BCUT2D eigenvalue weighted by Gasteiger charge is 2.61. The summed E-state index contributed by atoms with van der Waals surface area (Å²) in [6, 6.07) is 18.5. The summed E-state index contributed by atoms with van der Waals surface area (Å²) in [4.78, 5) is 28.0. The molecule has 0 radical (unpaired) electrons. The fourth-order valence-electron chi connectivity index (χ4n) is 3.92. The largest absolute Gasteiger partial charge is 0.466 e. The van der Waals surface area contributed by atoms with Crippen LogP contribution in [-0.2, 0) is 31.0 Å². The molecular weight excluding hydrogens is 370 g/mol. The third kappa shape index (κ3) is 2.50. The van der Waals surface area contributed by atoms with E-state index in [2.05, 4.69) is 0 Å². The number of ether oxygens (including phenoxy) is 2. The minimum absolute atomic E-state index is 0.0845. The summed E-state index contributed by atoms with van der Waals surface area (Å²) in [7, 11) is 1.21. The SMILES string of the molecule is COC(=O)C1=COC(N)=C(C#N)C12C(=O)N(Cc1ccccc1)c1ccccc12. The van der Waals surface area contributed by atoms with E-state index in [4.69, 9.17) is 15.2 Å². The second-order valence-corrected chi connectivity index (χ2v) is 6.64. The molecule has 7 nitrogen and oxygen atoms in total. The molecule has 2 aromatic carbocycles. The Labute approximate surface area is 167 Å². The lowest BCUT2D eigenvalue weighted by Crippen LogP contribution is -2.47. The van der Waals surface area contributed by atoms with Crippen LogP contribution in [0.2, 0.25) is 0 Å². The Bertz CT molecular complexity index is 1110. The molecule has 1 spiro atoms. The van der Waals surface area contributed by atoms with Gasteiger partial charge in [-0.2, -0.15) is 5.26 Å². The van der Waals surface area contributed by atoms with Gasteiger partial charge in [0.25, 0.3) is 0 Å². The maximum atomic E-state index is 13.9. The molecule has 0 aliphatic carbocycles. The molecule has 1 unspecified atom stereocenters. The number of methoxy groups -OCH3 is 1. The molecule has 2 aliphatic heterocycles. The van der Waals surface area contributed by atoms with E-state index < -0.39 is 17.3 Å². The van der Waals surface area contributed by atoms with Crippen molar-refractivity contribution in [1.82, 2.24) is 0 Å². The number of amides is 1. The highest BCUT2D eigenvalue weighted by Crippen LogP contribution is 2.53. The molecule has 2 aliphatic rings. The fraction of sp³-hybridized carbons (Fsp3) is 0.136. The Morgan fingerprint density at radius 3 is 2.59 bits per heavy atom. The monoisotopic (exact) mass is 387 g/mol. The van der Waals surface area contributed by atoms with Gasteiger partial charge in [0.1, 0.15) is 17.9 Å². The molecule has 1 atom stereocenters. The minimum atomic E-state index is -1.71. The zero-order valence-corrected chi connectivity index (χ0v) is 15.6. The summed E-state index contributed by atoms with van der Waals surface area (Å²) < 4.78 is 10.1. The average Bonchev–Trinajstić information content (AvgIpc) is 2.98. The van der Waals surface area contributed by atoms with E-state index in [0.717, 1.165) is 11.8 Å². The molecule has 1 amide bonds. The summed E-state index contributed by atoms with van der Waals surface area (Å²) in [5, 5.41) is 9.86. The molecule has 4 rings (SSSR count). The smallest absolute Gasteiger partial charge is 0.338 e. The highest BCUT2D eigenvalue weighted by atomic mass is 16.5. The number of nitriles is 1. The Morgan fingerprint density at radius 1 is 1.21 bits per heavy atom. The van der Waals surface area contributed by atoms with Gasteiger partial charge in [-0.3, -0.25) is 4.79 Å². The van der Waals surface area contributed by atoms with Gasteiger partial charge in [0, 0.05) is 11.3 Å². The molecule has 2 aromatic rings. The molecule has 29 heavy (non-hydrogen) atoms. The topological polar surface area (TPSA) is 106 Å². The van der Waals surface area contributed by atoms with E-state index in [1.54, 1.807) is 29.2 Å². The van der Waals surface area contributed by atoms with Crippen molar-refractivity contribution in [2.45, 2.75) is 12.0 Å². The number of fused-ring (bicyclic) bond motifs is 2. The number of anilines is 1. The van der Waals surface area contributed by atoms with Gasteiger partial charge in [-0.05, 0) is 11.6 Å². The maximum Gasteiger partial charge on any atom is 0.338 e. The number of hydrogen-bond donors (Lipinski definition) is 1. The van der Waals surface area contributed by atoms with Gasteiger partial charge < -0.3 is 20.1 Å². The van der Waals surface area contributed by atoms with Crippen LogP contribution in [0.15, 0.2) is 77.9 Å². The number of para-hydroxylation sites is 1. The van der Waals surface area contributed by atoms with Crippen molar-refractivity contribution < 1.29 is 19.1 Å². The number of hydrogen-bond acceptors (Lipinski definition) is 6. The first-order valence-electron chi connectivity index (χ1n) is 8.87. The minimum Gasteiger partial charge on any atom is -0.466 e. The Hall–Kier alpha value is -4.05. The van der Waals surface area contributed by atoms with Crippen molar-refractivity contribution in [3.8, 4) is 6.07 Å². The van der Waals surface area contributed by atoms with Crippen LogP contribution in [0.4, 0.5) is 5.69 Å². The average molecular weight is 387 g/mol. The van der Waals surface area contributed by atoms with Crippen molar-refractivity contribution in [1.29, 1.82) is 5.26 Å². The van der Waals surface area contributed by atoms with Gasteiger partial charge in [-0.25, -0.2) is 4.79 Å². The van der Waals surface area contributed by atoms with E-state index in [1.165, 1.54) is 7.11 Å². The van der Waals surface area contributed by atoms with E-state index in [-0.39, 0.29) is 23.6 Å². The summed E-state index contributed by atoms with van der Waals surface area (Å²) in [6.07, 6.45) is 1.10. The van der Waals surface area contributed by atoms with E-state index >= 15 is 0 Å². The first-order chi connectivity index (χ1) is 14.1.